The van der Waals surface area contributed by atoms with Gasteiger partial charge in [-0.1, -0.05) is 12.1 Å². The molecule has 2 N–H and O–H groups in total. The highest BCUT2D eigenvalue weighted by molar-refractivity contribution is 5.26. The van der Waals surface area contributed by atoms with Gasteiger partial charge in [0.05, 0.1) is 6.10 Å². The van der Waals surface area contributed by atoms with E-state index in [1.807, 2.05) is 6.92 Å². The molecule has 1 aromatic rings. The molecule has 2 unspecified atom stereocenters. The van der Waals surface area contributed by atoms with Crippen LogP contribution >= 0.6 is 0 Å². The van der Waals surface area contributed by atoms with Gasteiger partial charge in [0, 0.05) is 6.04 Å². The summed E-state index contributed by atoms with van der Waals surface area (Å²) in [5.74, 6) is -0.238. The van der Waals surface area contributed by atoms with Crippen LogP contribution in [0.25, 0.3) is 0 Å². The van der Waals surface area contributed by atoms with E-state index >= 15 is 0 Å². The molecular weight excluding hydrogens is 181 g/mol. The fraction of sp³-hybridized carbons (Fsp3) is 0.455. The molecule has 1 rings (SSSR count). The molecule has 0 saturated carbocycles. The maximum atomic E-state index is 12.9. The Bertz CT molecular complexity index is 314. The molecule has 0 heterocycles. The van der Waals surface area contributed by atoms with Gasteiger partial charge in [0.2, 0.25) is 0 Å². The van der Waals surface area contributed by atoms with Crippen molar-refractivity contribution in [3.8, 4) is 0 Å². The molecular formula is C11H16FNO. The van der Waals surface area contributed by atoms with Gasteiger partial charge in [-0.25, -0.2) is 4.39 Å². The summed E-state index contributed by atoms with van der Waals surface area (Å²) in [6.07, 6.45) is -0.598. The smallest absolute Gasteiger partial charge is 0.126 e. The Labute approximate surface area is 83.8 Å². The Morgan fingerprint density at radius 2 is 2.07 bits per heavy atom. The lowest BCUT2D eigenvalue weighted by Gasteiger charge is -2.18. The summed E-state index contributed by atoms with van der Waals surface area (Å²) in [6.45, 7) is 3.57. The second-order valence-corrected chi connectivity index (χ2v) is 3.53. The molecule has 0 bridgehead atoms. The lowest BCUT2D eigenvalue weighted by molar-refractivity contribution is 0.140. The first-order valence-corrected chi connectivity index (χ1v) is 4.67. The number of halogens is 1. The molecule has 0 saturated heterocycles. The predicted molar refractivity (Wildman–Crippen MR) is 54.6 cm³/mol. The number of aryl methyl sites for hydroxylation is 1. The summed E-state index contributed by atoms with van der Waals surface area (Å²) >= 11 is 0. The molecule has 2 atom stereocenters. The van der Waals surface area contributed by atoms with Crippen molar-refractivity contribution >= 4 is 0 Å². The minimum absolute atomic E-state index is 0.0418. The van der Waals surface area contributed by atoms with Crippen molar-refractivity contribution in [2.75, 3.05) is 7.05 Å². The zero-order valence-electron chi connectivity index (χ0n) is 8.71. The predicted octanol–water partition coefficient (Wildman–Crippen LogP) is 1.78. The Morgan fingerprint density at radius 3 is 2.57 bits per heavy atom. The fourth-order valence-corrected chi connectivity index (χ4v) is 1.30. The van der Waals surface area contributed by atoms with Gasteiger partial charge in [-0.3, -0.25) is 0 Å². The summed E-state index contributed by atoms with van der Waals surface area (Å²) in [4.78, 5) is 0. The van der Waals surface area contributed by atoms with E-state index in [9.17, 15) is 9.50 Å². The molecule has 14 heavy (non-hydrogen) atoms. The number of rotatable bonds is 3. The highest BCUT2D eigenvalue weighted by atomic mass is 19.1. The average Bonchev–Trinajstić information content (AvgIpc) is 2.20. The van der Waals surface area contributed by atoms with Crippen LogP contribution in [0, 0.1) is 12.7 Å². The second-order valence-electron chi connectivity index (χ2n) is 3.53. The highest BCUT2D eigenvalue weighted by Crippen LogP contribution is 2.19. The van der Waals surface area contributed by atoms with E-state index in [-0.39, 0.29) is 11.9 Å². The molecule has 0 amide bonds. The fourth-order valence-electron chi connectivity index (χ4n) is 1.30. The SMILES string of the molecule is CNC(C)C(O)c1ccc(F)c(C)c1. The minimum atomic E-state index is -0.598. The Balaban J connectivity index is 2.91. The number of nitrogens with one attached hydrogen (secondary N) is 1. The second kappa shape index (κ2) is 4.53. The van der Waals surface area contributed by atoms with Gasteiger partial charge in [-0.15, -0.1) is 0 Å². The van der Waals surface area contributed by atoms with Crippen molar-refractivity contribution in [1.29, 1.82) is 0 Å². The summed E-state index contributed by atoms with van der Waals surface area (Å²) in [6, 6.07) is 4.63. The van der Waals surface area contributed by atoms with E-state index in [0.29, 0.717) is 5.56 Å². The zero-order chi connectivity index (χ0) is 10.7. The van der Waals surface area contributed by atoms with Crippen molar-refractivity contribution in [2.24, 2.45) is 0 Å². The van der Waals surface area contributed by atoms with Gasteiger partial charge in [-0.05, 0) is 38.1 Å². The normalized spacial score (nSPS) is 15.2. The van der Waals surface area contributed by atoms with Crippen LogP contribution in [0.3, 0.4) is 0 Å². The van der Waals surface area contributed by atoms with Crippen LogP contribution in [-0.4, -0.2) is 18.2 Å². The van der Waals surface area contributed by atoms with Crippen LogP contribution in [0.15, 0.2) is 18.2 Å². The third-order valence-corrected chi connectivity index (χ3v) is 2.45. The standard InChI is InChI=1S/C11H16FNO/c1-7-6-9(4-5-10(7)12)11(14)8(2)13-3/h4-6,8,11,13-14H,1-3H3. The maximum absolute atomic E-state index is 12.9. The number of hydrogen-bond donors (Lipinski definition) is 2. The molecule has 0 spiro atoms. The number of hydrogen-bond acceptors (Lipinski definition) is 2. The summed E-state index contributed by atoms with van der Waals surface area (Å²) in [7, 11) is 1.78. The van der Waals surface area contributed by atoms with Gasteiger partial charge in [0.15, 0.2) is 0 Å². The van der Waals surface area contributed by atoms with Crippen molar-refractivity contribution in [3.63, 3.8) is 0 Å². The summed E-state index contributed by atoms with van der Waals surface area (Å²) < 4.78 is 12.9. The van der Waals surface area contributed by atoms with Gasteiger partial charge >= 0.3 is 0 Å². The van der Waals surface area contributed by atoms with E-state index in [2.05, 4.69) is 5.32 Å². The summed E-state index contributed by atoms with van der Waals surface area (Å²) in [5.41, 5.74) is 1.30. The van der Waals surface area contributed by atoms with Gasteiger partial charge in [0.25, 0.3) is 0 Å². The largest absolute Gasteiger partial charge is 0.387 e. The molecule has 2 nitrogen and oxygen atoms in total. The lowest BCUT2D eigenvalue weighted by atomic mass is 10.0. The third-order valence-electron chi connectivity index (χ3n) is 2.45. The first-order chi connectivity index (χ1) is 6.56. The molecule has 0 radical (unpaired) electrons. The molecule has 3 heteroatoms. The maximum Gasteiger partial charge on any atom is 0.126 e. The highest BCUT2D eigenvalue weighted by Gasteiger charge is 2.14. The van der Waals surface area contributed by atoms with Gasteiger partial charge in [-0.2, -0.15) is 0 Å². The molecule has 0 aliphatic carbocycles. The van der Waals surface area contributed by atoms with Gasteiger partial charge in [0.1, 0.15) is 5.82 Å². The number of benzene rings is 1. The molecule has 1 aromatic carbocycles. The number of likely N-dealkylation sites (N-methyl/N-ethyl adjacent to an activating group) is 1. The van der Waals surface area contributed by atoms with Crippen LogP contribution in [0.1, 0.15) is 24.2 Å². The summed E-state index contributed by atoms with van der Waals surface area (Å²) in [5, 5.41) is 12.8. The third kappa shape index (κ3) is 2.30. The first kappa shape index (κ1) is 11.1. The van der Waals surface area contributed by atoms with E-state index < -0.39 is 6.10 Å². The van der Waals surface area contributed by atoms with Crippen molar-refractivity contribution in [2.45, 2.75) is 26.0 Å². The molecule has 0 fully saturated rings. The lowest BCUT2D eigenvalue weighted by Crippen LogP contribution is -2.28. The van der Waals surface area contributed by atoms with Gasteiger partial charge < -0.3 is 10.4 Å². The van der Waals surface area contributed by atoms with Crippen LogP contribution in [0.2, 0.25) is 0 Å². The topological polar surface area (TPSA) is 32.3 Å². The molecule has 78 valence electrons. The Morgan fingerprint density at radius 1 is 1.43 bits per heavy atom. The number of aliphatic hydroxyl groups is 1. The van der Waals surface area contributed by atoms with Crippen LogP contribution in [0.5, 0.6) is 0 Å². The molecule has 0 aromatic heterocycles. The molecule has 0 aliphatic rings. The molecule has 0 aliphatic heterocycles. The average molecular weight is 197 g/mol. The van der Waals surface area contributed by atoms with Crippen LogP contribution in [-0.2, 0) is 0 Å². The van der Waals surface area contributed by atoms with Crippen LogP contribution in [0.4, 0.5) is 4.39 Å². The monoisotopic (exact) mass is 197 g/mol. The van der Waals surface area contributed by atoms with E-state index in [1.165, 1.54) is 6.07 Å². The number of aliphatic hydroxyl groups excluding tert-OH is 1. The Kier molecular flexibility index (Phi) is 3.61. The van der Waals surface area contributed by atoms with E-state index in [1.54, 1.807) is 26.1 Å². The minimum Gasteiger partial charge on any atom is -0.387 e. The zero-order valence-corrected chi connectivity index (χ0v) is 8.71. The van der Waals surface area contributed by atoms with E-state index in [0.717, 1.165) is 5.56 Å². The first-order valence-electron chi connectivity index (χ1n) is 4.67. The van der Waals surface area contributed by atoms with E-state index in [4.69, 9.17) is 0 Å². The van der Waals surface area contributed by atoms with Crippen LogP contribution < -0.4 is 5.32 Å². The van der Waals surface area contributed by atoms with Crippen molar-refractivity contribution < 1.29 is 9.50 Å². The van der Waals surface area contributed by atoms with Crippen molar-refractivity contribution in [3.05, 3.63) is 35.1 Å². The quantitative estimate of drug-likeness (QED) is 0.774. The Hall–Kier alpha value is -0.930. The van der Waals surface area contributed by atoms with Crippen molar-refractivity contribution in [1.82, 2.24) is 5.32 Å².